The molecule has 0 spiro atoms. The van der Waals surface area contributed by atoms with Crippen molar-refractivity contribution in [3.05, 3.63) is 35.4 Å². The Hall–Kier alpha value is -0.860. The molecule has 0 amide bonds. The Kier molecular flexibility index (Phi) is 4.42. The smallest absolute Gasteiger partial charge is 0.0353 e. The maximum absolute atomic E-state index is 5.94. The predicted octanol–water partition coefficient (Wildman–Crippen LogP) is 3.51. The third kappa shape index (κ3) is 2.77. The van der Waals surface area contributed by atoms with Gasteiger partial charge in [0.05, 0.1) is 0 Å². The van der Waals surface area contributed by atoms with Gasteiger partial charge in [-0.25, -0.2) is 0 Å². The van der Waals surface area contributed by atoms with Crippen molar-refractivity contribution in [1.29, 1.82) is 0 Å². The molecule has 1 heterocycles. The molecule has 2 nitrogen and oxygen atoms in total. The molecular weight excluding hydrogens is 244 g/mol. The molecule has 0 aromatic heterocycles. The molecule has 3 atom stereocenters. The quantitative estimate of drug-likeness (QED) is 0.835. The molecule has 20 heavy (non-hydrogen) atoms. The maximum atomic E-state index is 5.94. The van der Waals surface area contributed by atoms with Crippen molar-refractivity contribution in [3.8, 4) is 0 Å². The molecule has 1 aliphatic heterocycles. The fourth-order valence-corrected chi connectivity index (χ4v) is 4.08. The molecule has 1 saturated heterocycles. The minimum Gasteiger partial charge on any atom is -0.330 e. The van der Waals surface area contributed by atoms with Gasteiger partial charge in [-0.15, -0.1) is 0 Å². The van der Waals surface area contributed by atoms with Crippen LogP contribution in [0.25, 0.3) is 0 Å². The van der Waals surface area contributed by atoms with Crippen LogP contribution in [0.1, 0.15) is 56.2 Å². The summed E-state index contributed by atoms with van der Waals surface area (Å²) in [4.78, 5) is 2.76. The predicted molar refractivity (Wildman–Crippen MR) is 84.7 cm³/mol. The van der Waals surface area contributed by atoms with Gasteiger partial charge < -0.3 is 5.73 Å². The van der Waals surface area contributed by atoms with Crippen LogP contribution in [0.4, 0.5) is 0 Å². The highest BCUT2D eigenvalue weighted by atomic mass is 15.2. The summed E-state index contributed by atoms with van der Waals surface area (Å²) >= 11 is 0. The first-order valence-electron chi connectivity index (χ1n) is 8.33. The number of nitrogens with zero attached hydrogens (tertiary/aromatic N) is 1. The first kappa shape index (κ1) is 14.1. The Labute approximate surface area is 123 Å². The Balaban J connectivity index is 1.88. The first-order valence-corrected chi connectivity index (χ1v) is 8.33. The van der Waals surface area contributed by atoms with E-state index in [1.54, 1.807) is 11.1 Å². The van der Waals surface area contributed by atoms with Gasteiger partial charge in [0.25, 0.3) is 0 Å². The van der Waals surface area contributed by atoms with Crippen LogP contribution in [0.15, 0.2) is 24.3 Å². The Morgan fingerprint density at radius 1 is 1.15 bits per heavy atom. The zero-order valence-electron chi connectivity index (χ0n) is 12.7. The van der Waals surface area contributed by atoms with Crippen molar-refractivity contribution < 1.29 is 0 Å². The van der Waals surface area contributed by atoms with E-state index in [9.17, 15) is 0 Å². The number of rotatable bonds is 2. The average Bonchev–Trinajstić information content (AvgIpc) is 2.70. The summed E-state index contributed by atoms with van der Waals surface area (Å²) in [5, 5.41) is 0. The number of aryl methyl sites for hydroxylation is 1. The summed E-state index contributed by atoms with van der Waals surface area (Å²) in [5.74, 6) is 0.696. The Morgan fingerprint density at radius 2 is 2.00 bits per heavy atom. The van der Waals surface area contributed by atoms with Crippen LogP contribution < -0.4 is 5.73 Å². The molecule has 110 valence electrons. The number of piperidine rings is 1. The van der Waals surface area contributed by atoms with Gasteiger partial charge in [0, 0.05) is 18.6 Å². The van der Waals surface area contributed by atoms with Gasteiger partial charge in [0.15, 0.2) is 0 Å². The lowest BCUT2D eigenvalue weighted by Crippen LogP contribution is -2.45. The number of hydrogen-bond acceptors (Lipinski definition) is 2. The van der Waals surface area contributed by atoms with Gasteiger partial charge >= 0.3 is 0 Å². The third-order valence-electron chi connectivity index (χ3n) is 5.35. The number of hydrogen-bond donors (Lipinski definition) is 1. The van der Waals surface area contributed by atoms with Crippen LogP contribution in [-0.2, 0) is 6.42 Å². The number of likely N-dealkylation sites (tertiary alicyclic amines) is 1. The highest BCUT2D eigenvalue weighted by molar-refractivity contribution is 5.31. The van der Waals surface area contributed by atoms with Gasteiger partial charge in [-0.2, -0.15) is 0 Å². The first-order chi connectivity index (χ1) is 9.79. The van der Waals surface area contributed by atoms with Crippen LogP contribution in [-0.4, -0.2) is 24.0 Å². The third-order valence-corrected chi connectivity index (χ3v) is 5.35. The van der Waals surface area contributed by atoms with E-state index in [1.165, 1.54) is 45.1 Å². The van der Waals surface area contributed by atoms with Crippen LogP contribution in [0.3, 0.4) is 0 Å². The van der Waals surface area contributed by atoms with Gasteiger partial charge in [0.2, 0.25) is 0 Å². The maximum Gasteiger partial charge on any atom is 0.0353 e. The fourth-order valence-electron chi connectivity index (χ4n) is 4.08. The second-order valence-electron chi connectivity index (χ2n) is 6.69. The van der Waals surface area contributed by atoms with Gasteiger partial charge in [-0.1, -0.05) is 30.7 Å². The molecule has 1 aromatic rings. The monoisotopic (exact) mass is 272 g/mol. The molecule has 3 unspecified atom stereocenters. The van der Waals surface area contributed by atoms with E-state index >= 15 is 0 Å². The van der Waals surface area contributed by atoms with Crippen molar-refractivity contribution in [2.24, 2.45) is 11.7 Å². The van der Waals surface area contributed by atoms with Crippen LogP contribution in [0, 0.1) is 5.92 Å². The highest BCUT2D eigenvalue weighted by Gasteiger charge is 2.32. The lowest BCUT2D eigenvalue weighted by Gasteiger charge is -2.43. The minimum atomic E-state index is 0.623. The van der Waals surface area contributed by atoms with Crippen molar-refractivity contribution in [3.63, 3.8) is 0 Å². The van der Waals surface area contributed by atoms with Crippen molar-refractivity contribution in [2.45, 2.75) is 57.5 Å². The van der Waals surface area contributed by atoms with E-state index in [1.807, 2.05) is 0 Å². The minimum absolute atomic E-state index is 0.623. The molecule has 2 aliphatic rings. The SMILES string of the molecule is CC1CCC(CN)CN1C1CCCCc2ccccc21. The van der Waals surface area contributed by atoms with E-state index in [4.69, 9.17) is 5.73 Å². The highest BCUT2D eigenvalue weighted by Crippen LogP contribution is 2.37. The molecule has 1 fully saturated rings. The summed E-state index contributed by atoms with van der Waals surface area (Å²) in [7, 11) is 0. The molecule has 1 aliphatic carbocycles. The molecule has 0 saturated carbocycles. The van der Waals surface area contributed by atoms with E-state index in [0.29, 0.717) is 18.0 Å². The molecule has 0 bridgehead atoms. The normalized spacial score (nSPS) is 31.6. The van der Waals surface area contributed by atoms with Gasteiger partial charge in [-0.05, 0) is 62.6 Å². The van der Waals surface area contributed by atoms with Crippen LogP contribution in [0.2, 0.25) is 0 Å². The van der Waals surface area contributed by atoms with E-state index < -0.39 is 0 Å². The van der Waals surface area contributed by atoms with Gasteiger partial charge in [-0.3, -0.25) is 4.90 Å². The number of fused-ring (bicyclic) bond motifs is 1. The van der Waals surface area contributed by atoms with Crippen molar-refractivity contribution >= 4 is 0 Å². The number of nitrogens with two attached hydrogens (primary N) is 1. The Morgan fingerprint density at radius 3 is 2.85 bits per heavy atom. The largest absolute Gasteiger partial charge is 0.330 e. The second-order valence-corrected chi connectivity index (χ2v) is 6.69. The van der Waals surface area contributed by atoms with Gasteiger partial charge in [0.1, 0.15) is 0 Å². The lowest BCUT2D eigenvalue weighted by atomic mass is 9.89. The summed E-state index contributed by atoms with van der Waals surface area (Å²) < 4.78 is 0. The Bertz CT molecular complexity index is 443. The summed E-state index contributed by atoms with van der Waals surface area (Å²) in [6.07, 6.45) is 7.89. The van der Waals surface area contributed by atoms with Crippen molar-refractivity contribution in [1.82, 2.24) is 4.90 Å². The zero-order valence-corrected chi connectivity index (χ0v) is 12.7. The van der Waals surface area contributed by atoms with E-state index in [2.05, 4.69) is 36.1 Å². The average molecular weight is 272 g/mol. The topological polar surface area (TPSA) is 29.3 Å². The lowest BCUT2D eigenvalue weighted by molar-refractivity contribution is 0.0686. The fraction of sp³-hybridized carbons (Fsp3) is 0.667. The summed E-state index contributed by atoms with van der Waals surface area (Å²) in [5.41, 5.74) is 9.11. The molecule has 1 aromatic carbocycles. The molecule has 0 radical (unpaired) electrons. The van der Waals surface area contributed by atoms with Crippen molar-refractivity contribution in [2.75, 3.05) is 13.1 Å². The molecular formula is C18H28N2. The zero-order chi connectivity index (χ0) is 13.9. The molecule has 2 heteroatoms. The van der Waals surface area contributed by atoms with E-state index in [0.717, 1.165) is 6.54 Å². The number of benzene rings is 1. The standard InChI is InChI=1S/C18H28N2/c1-14-10-11-15(12-19)13-20(14)18-9-5-3-7-16-6-2-4-8-17(16)18/h2,4,6,8,14-15,18H,3,5,7,9-13,19H2,1H3. The molecule has 2 N–H and O–H groups in total. The second kappa shape index (κ2) is 6.28. The summed E-state index contributed by atoms with van der Waals surface area (Å²) in [6.45, 7) is 4.44. The van der Waals surface area contributed by atoms with Crippen LogP contribution >= 0.6 is 0 Å². The molecule has 3 rings (SSSR count). The summed E-state index contributed by atoms with van der Waals surface area (Å²) in [6, 6.07) is 10.4. The van der Waals surface area contributed by atoms with Crippen LogP contribution in [0.5, 0.6) is 0 Å². The van der Waals surface area contributed by atoms with E-state index in [-0.39, 0.29) is 0 Å².